The summed E-state index contributed by atoms with van der Waals surface area (Å²) < 4.78 is 14.2. The fourth-order valence-corrected chi connectivity index (χ4v) is 7.06. The minimum atomic E-state index is -1.19. The van der Waals surface area contributed by atoms with Crippen LogP contribution in [0.4, 0.5) is 5.82 Å². The van der Waals surface area contributed by atoms with Crippen LogP contribution in [0.2, 0.25) is 0 Å². The van der Waals surface area contributed by atoms with Crippen LogP contribution in [0.15, 0.2) is 48.7 Å². The lowest BCUT2D eigenvalue weighted by Crippen LogP contribution is -2.41. The number of ether oxygens (including phenoxy) is 2. The van der Waals surface area contributed by atoms with Gasteiger partial charge in [-0.3, -0.25) is 0 Å². The highest BCUT2D eigenvalue weighted by atomic mass is 32.1. The molecule has 0 spiro atoms. The molecule has 6 heterocycles. The molecule has 44 heavy (non-hydrogen) atoms. The lowest BCUT2D eigenvalue weighted by Gasteiger charge is -2.41. The highest BCUT2D eigenvalue weighted by molar-refractivity contribution is 7.15. The molecule has 0 radical (unpaired) electrons. The van der Waals surface area contributed by atoms with Gasteiger partial charge in [-0.25, -0.2) is 14.8 Å². The van der Waals surface area contributed by atoms with Gasteiger partial charge in [-0.15, -0.1) is 11.3 Å². The predicted molar refractivity (Wildman–Crippen MR) is 173 cm³/mol. The Hall–Kier alpha value is -3.76. The molecular formula is C34H41N5O4S. The third-order valence-electron chi connectivity index (χ3n) is 8.56. The van der Waals surface area contributed by atoms with Gasteiger partial charge in [-0.1, -0.05) is 37.3 Å². The number of nitrogens with zero attached hydrogens (tertiary/aromatic N) is 5. The van der Waals surface area contributed by atoms with Crippen molar-refractivity contribution in [2.24, 2.45) is 5.41 Å². The molecule has 10 heteroatoms. The van der Waals surface area contributed by atoms with Gasteiger partial charge in [0.15, 0.2) is 11.8 Å². The van der Waals surface area contributed by atoms with Gasteiger partial charge in [0, 0.05) is 42.3 Å². The number of anilines is 1. The van der Waals surface area contributed by atoms with Gasteiger partial charge in [-0.2, -0.15) is 9.61 Å². The number of hydrogen-bond donors (Lipinski definition) is 1. The van der Waals surface area contributed by atoms with Crippen molar-refractivity contribution in [3.63, 3.8) is 0 Å². The molecule has 0 amide bonds. The first-order valence-corrected chi connectivity index (χ1v) is 16.2. The van der Waals surface area contributed by atoms with E-state index in [1.165, 1.54) is 0 Å². The predicted octanol–water partition coefficient (Wildman–Crippen LogP) is 7.03. The number of hydrogen-bond acceptors (Lipinski definition) is 8. The number of aliphatic carboxylic acids is 1. The molecule has 1 unspecified atom stereocenters. The van der Waals surface area contributed by atoms with Crippen LogP contribution in [0.1, 0.15) is 81.2 Å². The van der Waals surface area contributed by atoms with Crippen LogP contribution >= 0.6 is 11.3 Å². The zero-order chi connectivity index (χ0) is 31.1. The molecule has 4 aromatic rings. The van der Waals surface area contributed by atoms with Gasteiger partial charge in [0.1, 0.15) is 28.9 Å². The Bertz CT molecular complexity index is 1690. The molecule has 1 aromatic carbocycles. The molecule has 1 atom stereocenters. The SMILES string of the molecule is Cc1nc2cc3nn2c(c1C(OC(C)(C)C)C(=O)O)N1CCC(C)(CCC=CCOc2ccccc2Cc2cnc-3s2)CC1. The highest BCUT2D eigenvalue weighted by Crippen LogP contribution is 2.41. The summed E-state index contributed by atoms with van der Waals surface area (Å²) in [6.07, 6.45) is 9.79. The van der Waals surface area contributed by atoms with Gasteiger partial charge in [0.05, 0.1) is 11.2 Å². The summed E-state index contributed by atoms with van der Waals surface area (Å²) in [5.41, 5.74) is 3.17. The van der Waals surface area contributed by atoms with E-state index in [-0.39, 0.29) is 5.41 Å². The van der Waals surface area contributed by atoms with Gasteiger partial charge in [0.2, 0.25) is 0 Å². The molecule has 0 aliphatic carbocycles. The van der Waals surface area contributed by atoms with Crippen LogP contribution in [0.25, 0.3) is 16.3 Å². The number of carboxylic acid groups (broad SMARTS) is 1. The van der Waals surface area contributed by atoms with Crippen LogP contribution in [0, 0.1) is 12.3 Å². The molecule has 6 bridgehead atoms. The summed E-state index contributed by atoms with van der Waals surface area (Å²) in [5, 5.41) is 16.2. The first-order chi connectivity index (χ1) is 21.0. The minimum absolute atomic E-state index is 0.178. The Kier molecular flexibility index (Phi) is 8.24. The molecule has 3 aromatic heterocycles. The van der Waals surface area contributed by atoms with Crippen LogP contribution in [-0.4, -0.2) is 56.0 Å². The summed E-state index contributed by atoms with van der Waals surface area (Å²) in [4.78, 5) is 25.7. The van der Waals surface area contributed by atoms with E-state index in [1.54, 1.807) is 11.3 Å². The van der Waals surface area contributed by atoms with E-state index in [2.05, 4.69) is 30.0 Å². The normalized spacial score (nSPS) is 17.8. The van der Waals surface area contributed by atoms with Gasteiger partial charge < -0.3 is 19.5 Å². The number of benzene rings is 1. The van der Waals surface area contributed by atoms with Crippen molar-refractivity contribution >= 4 is 28.8 Å². The standard InChI is InChI=1S/C34H41N5O4S/c1-22-28(29(32(40)41)43-33(2,3)4)31-38-16-14-34(5,15-17-38)13-9-6-10-18-42-26-12-8-7-11-23(26)19-24-21-35-30(44-24)25-20-27(36-22)39(31)37-25/h6-8,10-12,20-21,29H,9,13-19H2,1-5H3,(H,40,41). The summed E-state index contributed by atoms with van der Waals surface area (Å²) in [6.45, 7) is 12.0. The summed E-state index contributed by atoms with van der Waals surface area (Å²) in [5.74, 6) is 0.590. The second kappa shape index (κ2) is 12.0. The fraction of sp³-hybridized carbons (Fsp3) is 0.471. The number of aryl methyl sites for hydroxylation is 1. The first-order valence-electron chi connectivity index (χ1n) is 15.4. The third-order valence-corrected chi connectivity index (χ3v) is 9.58. The molecule has 3 aliphatic rings. The van der Waals surface area contributed by atoms with E-state index in [1.807, 2.05) is 62.7 Å². The second-order valence-electron chi connectivity index (χ2n) is 13.2. The average Bonchev–Trinajstić information content (AvgIpc) is 3.60. The van der Waals surface area contributed by atoms with Gasteiger partial charge in [0.25, 0.3) is 0 Å². The molecule has 1 fully saturated rings. The van der Waals surface area contributed by atoms with Crippen molar-refractivity contribution in [3.8, 4) is 16.5 Å². The topological polar surface area (TPSA) is 102 Å². The Labute approximate surface area is 262 Å². The molecule has 7 rings (SSSR count). The maximum absolute atomic E-state index is 12.7. The average molecular weight is 616 g/mol. The van der Waals surface area contributed by atoms with E-state index in [9.17, 15) is 9.90 Å². The van der Waals surface area contributed by atoms with E-state index in [0.29, 0.717) is 35.6 Å². The molecule has 232 valence electrons. The highest BCUT2D eigenvalue weighted by Gasteiger charge is 2.37. The van der Waals surface area contributed by atoms with E-state index in [4.69, 9.17) is 24.5 Å². The monoisotopic (exact) mass is 615 g/mol. The molecule has 1 N–H and O–H groups in total. The quantitative estimate of drug-likeness (QED) is 0.245. The Morgan fingerprint density at radius 3 is 2.68 bits per heavy atom. The first kappa shape index (κ1) is 30.3. The molecule has 9 nitrogen and oxygen atoms in total. The smallest absolute Gasteiger partial charge is 0.337 e. The van der Waals surface area contributed by atoms with Crippen molar-refractivity contribution < 1.29 is 19.4 Å². The lowest BCUT2D eigenvalue weighted by atomic mass is 9.76. The Morgan fingerprint density at radius 2 is 1.93 bits per heavy atom. The zero-order valence-corrected chi connectivity index (χ0v) is 27.0. The number of piperidine rings is 1. The molecule has 0 saturated carbocycles. The van der Waals surface area contributed by atoms with Crippen LogP contribution < -0.4 is 9.64 Å². The summed E-state index contributed by atoms with van der Waals surface area (Å²) in [7, 11) is 0. The molecular weight excluding hydrogens is 574 g/mol. The second-order valence-corrected chi connectivity index (χ2v) is 14.3. The van der Waals surface area contributed by atoms with Crippen LogP contribution in [0.5, 0.6) is 5.75 Å². The van der Waals surface area contributed by atoms with Crippen molar-refractivity contribution in [3.05, 3.63) is 70.4 Å². The zero-order valence-electron chi connectivity index (χ0n) is 26.2. The van der Waals surface area contributed by atoms with Crippen molar-refractivity contribution in [1.82, 2.24) is 19.6 Å². The van der Waals surface area contributed by atoms with Gasteiger partial charge >= 0.3 is 5.97 Å². The third kappa shape index (κ3) is 6.37. The van der Waals surface area contributed by atoms with Crippen molar-refractivity contribution in [2.75, 3.05) is 24.6 Å². The number of aromatic nitrogens is 4. The van der Waals surface area contributed by atoms with E-state index >= 15 is 0 Å². The maximum Gasteiger partial charge on any atom is 0.337 e. The van der Waals surface area contributed by atoms with E-state index in [0.717, 1.165) is 65.8 Å². The fourth-order valence-electron chi connectivity index (χ4n) is 6.17. The molecule has 1 saturated heterocycles. The summed E-state index contributed by atoms with van der Waals surface area (Å²) in [6, 6.07) is 10.1. The van der Waals surface area contributed by atoms with Crippen LogP contribution in [0.3, 0.4) is 0 Å². The van der Waals surface area contributed by atoms with Crippen molar-refractivity contribution in [2.45, 2.75) is 78.4 Å². The largest absolute Gasteiger partial charge is 0.489 e. The van der Waals surface area contributed by atoms with E-state index < -0.39 is 17.7 Å². The lowest BCUT2D eigenvalue weighted by molar-refractivity contribution is -0.160. The van der Waals surface area contributed by atoms with Crippen molar-refractivity contribution in [1.29, 1.82) is 0 Å². The van der Waals surface area contributed by atoms with Crippen LogP contribution in [-0.2, 0) is 16.0 Å². The minimum Gasteiger partial charge on any atom is -0.489 e. The number of para-hydroxylation sites is 1. The Morgan fingerprint density at radius 1 is 1.16 bits per heavy atom. The number of carboxylic acids is 1. The maximum atomic E-state index is 12.7. The molecule has 3 aliphatic heterocycles. The number of fused-ring (bicyclic) bond motifs is 6. The number of rotatable bonds is 3. The number of carbonyl (C=O) groups is 1. The van der Waals surface area contributed by atoms with Gasteiger partial charge in [-0.05, 0) is 70.4 Å². The number of allylic oxidation sites excluding steroid dienone is 1. The Balaban J connectivity index is 1.49. The summed E-state index contributed by atoms with van der Waals surface area (Å²) >= 11 is 1.59. The number of thiazole rings is 1.